The van der Waals surface area contributed by atoms with Crippen molar-refractivity contribution in [1.29, 1.82) is 0 Å². The number of hydrogen-bond acceptors (Lipinski definition) is 3. The summed E-state index contributed by atoms with van der Waals surface area (Å²) in [7, 11) is 0. The molecule has 1 aromatic rings. The summed E-state index contributed by atoms with van der Waals surface area (Å²) >= 11 is 0. The monoisotopic (exact) mass is 246 g/mol. The summed E-state index contributed by atoms with van der Waals surface area (Å²) in [6.07, 6.45) is 8.47. The quantitative estimate of drug-likeness (QED) is 0.861. The first-order valence-electron chi connectivity index (χ1n) is 7.32. The molecule has 0 spiro atoms. The van der Waals surface area contributed by atoms with Crippen molar-refractivity contribution in [3.63, 3.8) is 0 Å². The van der Waals surface area contributed by atoms with Crippen LogP contribution in [0.1, 0.15) is 44.3 Å². The Morgan fingerprint density at radius 1 is 1.11 bits per heavy atom. The average Bonchev–Trinajstić information content (AvgIpc) is 2.74. The van der Waals surface area contributed by atoms with E-state index in [1.54, 1.807) is 0 Å². The van der Waals surface area contributed by atoms with Gasteiger partial charge in [0.25, 0.3) is 0 Å². The number of nitrogens with one attached hydrogen (secondary N) is 1. The molecular weight excluding hydrogens is 224 g/mol. The molecule has 0 atom stereocenters. The molecule has 98 valence electrons. The highest BCUT2D eigenvalue weighted by atomic mass is 16.4. The van der Waals surface area contributed by atoms with E-state index in [2.05, 4.69) is 5.32 Å². The van der Waals surface area contributed by atoms with E-state index in [9.17, 15) is 0 Å². The van der Waals surface area contributed by atoms with E-state index in [0.29, 0.717) is 12.1 Å². The molecule has 18 heavy (non-hydrogen) atoms. The second-order valence-corrected chi connectivity index (χ2v) is 6.79. The summed E-state index contributed by atoms with van der Waals surface area (Å²) in [6, 6.07) is 4.03. The maximum atomic E-state index is 5.74. The first kappa shape index (κ1) is 10.9. The first-order valence-corrected chi connectivity index (χ1v) is 7.32. The van der Waals surface area contributed by atoms with Gasteiger partial charge in [-0.25, -0.2) is 0 Å². The van der Waals surface area contributed by atoms with Gasteiger partial charge in [0.1, 0.15) is 5.76 Å². The van der Waals surface area contributed by atoms with Crippen molar-refractivity contribution in [2.45, 2.75) is 50.6 Å². The van der Waals surface area contributed by atoms with E-state index in [-0.39, 0.29) is 0 Å². The lowest BCUT2D eigenvalue weighted by Crippen LogP contribution is -2.54. The highest BCUT2D eigenvalue weighted by Gasteiger charge is 2.51. The van der Waals surface area contributed by atoms with Crippen LogP contribution in [0.3, 0.4) is 0 Å². The molecule has 5 rings (SSSR count). The second-order valence-electron chi connectivity index (χ2n) is 6.79. The van der Waals surface area contributed by atoms with Crippen molar-refractivity contribution < 1.29 is 4.42 Å². The minimum Gasteiger partial charge on any atom is -0.444 e. The summed E-state index contributed by atoms with van der Waals surface area (Å²) in [6.45, 7) is 0.489. The Labute approximate surface area is 108 Å². The number of hydrogen-bond donors (Lipinski definition) is 2. The van der Waals surface area contributed by atoms with Crippen LogP contribution >= 0.6 is 0 Å². The Kier molecular flexibility index (Phi) is 2.28. The van der Waals surface area contributed by atoms with Crippen molar-refractivity contribution in [2.24, 2.45) is 23.5 Å². The van der Waals surface area contributed by atoms with E-state index >= 15 is 0 Å². The third-order valence-corrected chi connectivity index (χ3v) is 5.29. The minimum absolute atomic E-state index is 0.332. The molecule has 3 N–H and O–H groups in total. The molecule has 0 saturated heterocycles. The maximum absolute atomic E-state index is 5.74. The molecule has 0 aliphatic heterocycles. The van der Waals surface area contributed by atoms with Crippen LogP contribution in [0.15, 0.2) is 16.5 Å². The van der Waals surface area contributed by atoms with Crippen LogP contribution in [0.5, 0.6) is 0 Å². The van der Waals surface area contributed by atoms with Gasteiger partial charge in [-0.3, -0.25) is 0 Å². The van der Waals surface area contributed by atoms with Gasteiger partial charge < -0.3 is 15.5 Å². The minimum atomic E-state index is 0.332. The summed E-state index contributed by atoms with van der Waals surface area (Å²) in [5, 5.41) is 3.72. The van der Waals surface area contributed by atoms with Crippen molar-refractivity contribution in [2.75, 3.05) is 5.32 Å². The standard InChI is InChI=1S/C15H22N2O/c16-9-13-1-2-14(18-13)17-15-6-10-3-11(7-15)5-12(4-10)8-15/h1-2,10-12,17H,3-9,16H2. The summed E-state index contributed by atoms with van der Waals surface area (Å²) in [4.78, 5) is 0. The van der Waals surface area contributed by atoms with Crippen LogP contribution in [0.4, 0.5) is 5.88 Å². The van der Waals surface area contributed by atoms with Gasteiger partial charge in [-0.1, -0.05) is 0 Å². The van der Waals surface area contributed by atoms with Crippen LogP contribution in [0.2, 0.25) is 0 Å². The molecule has 4 saturated carbocycles. The van der Waals surface area contributed by atoms with E-state index in [1.165, 1.54) is 38.5 Å². The molecule has 0 aromatic carbocycles. The third kappa shape index (κ3) is 1.68. The smallest absolute Gasteiger partial charge is 0.193 e. The van der Waals surface area contributed by atoms with Crippen LogP contribution in [0, 0.1) is 17.8 Å². The van der Waals surface area contributed by atoms with Crippen LogP contribution < -0.4 is 11.1 Å². The molecule has 4 aliphatic carbocycles. The van der Waals surface area contributed by atoms with Gasteiger partial charge in [0.05, 0.1) is 6.54 Å². The van der Waals surface area contributed by atoms with E-state index in [4.69, 9.17) is 10.2 Å². The van der Waals surface area contributed by atoms with Gasteiger partial charge in [-0.15, -0.1) is 0 Å². The average molecular weight is 246 g/mol. The van der Waals surface area contributed by atoms with Crippen molar-refractivity contribution >= 4 is 5.88 Å². The fourth-order valence-electron chi connectivity index (χ4n) is 5.08. The fraction of sp³-hybridized carbons (Fsp3) is 0.733. The molecule has 1 aromatic heterocycles. The van der Waals surface area contributed by atoms with E-state index in [1.807, 2.05) is 12.1 Å². The van der Waals surface area contributed by atoms with Gasteiger partial charge in [0.15, 0.2) is 5.88 Å². The third-order valence-electron chi connectivity index (χ3n) is 5.29. The Balaban J connectivity index is 1.56. The Bertz CT molecular complexity index is 416. The van der Waals surface area contributed by atoms with Crippen molar-refractivity contribution in [3.8, 4) is 0 Å². The Hall–Kier alpha value is -0.960. The SMILES string of the molecule is NCc1ccc(NC23CC4CC(CC(C4)C2)C3)o1. The maximum Gasteiger partial charge on any atom is 0.193 e. The lowest BCUT2D eigenvalue weighted by molar-refractivity contribution is 0.00981. The van der Waals surface area contributed by atoms with Gasteiger partial charge in [0, 0.05) is 11.6 Å². The number of anilines is 1. The van der Waals surface area contributed by atoms with Crippen LogP contribution in [-0.4, -0.2) is 5.54 Å². The predicted octanol–water partition coefficient (Wildman–Crippen LogP) is 3.12. The normalized spacial score (nSPS) is 41.3. The van der Waals surface area contributed by atoms with Gasteiger partial charge in [-0.05, 0) is 62.3 Å². The second kappa shape index (κ2) is 3.77. The lowest BCUT2D eigenvalue weighted by atomic mass is 9.53. The Morgan fingerprint density at radius 2 is 1.72 bits per heavy atom. The topological polar surface area (TPSA) is 51.2 Å². The molecule has 0 unspecified atom stereocenters. The number of nitrogens with two attached hydrogens (primary N) is 1. The summed E-state index contributed by atoms with van der Waals surface area (Å²) in [5.41, 5.74) is 5.93. The van der Waals surface area contributed by atoms with E-state index in [0.717, 1.165) is 29.4 Å². The summed E-state index contributed by atoms with van der Waals surface area (Å²) < 4.78 is 5.74. The highest BCUT2D eigenvalue weighted by Crippen LogP contribution is 2.56. The molecule has 4 bridgehead atoms. The zero-order chi connectivity index (χ0) is 12.2. The zero-order valence-corrected chi connectivity index (χ0v) is 10.8. The molecule has 3 heteroatoms. The lowest BCUT2D eigenvalue weighted by Gasteiger charge is -2.56. The van der Waals surface area contributed by atoms with E-state index < -0.39 is 0 Å². The fourth-order valence-corrected chi connectivity index (χ4v) is 5.08. The number of furan rings is 1. The highest BCUT2D eigenvalue weighted by molar-refractivity contribution is 5.37. The molecule has 0 amide bonds. The zero-order valence-electron chi connectivity index (χ0n) is 10.8. The van der Waals surface area contributed by atoms with Crippen LogP contribution in [0.25, 0.3) is 0 Å². The van der Waals surface area contributed by atoms with Gasteiger partial charge >= 0.3 is 0 Å². The molecule has 0 radical (unpaired) electrons. The first-order chi connectivity index (χ1) is 8.75. The summed E-state index contributed by atoms with van der Waals surface area (Å²) in [5.74, 6) is 4.70. The number of rotatable bonds is 3. The molecular formula is C15H22N2O. The molecule has 4 aliphatic rings. The van der Waals surface area contributed by atoms with Gasteiger partial charge in [0.2, 0.25) is 0 Å². The largest absolute Gasteiger partial charge is 0.444 e. The molecule has 1 heterocycles. The molecule has 3 nitrogen and oxygen atoms in total. The van der Waals surface area contributed by atoms with Crippen molar-refractivity contribution in [1.82, 2.24) is 0 Å². The predicted molar refractivity (Wildman–Crippen MR) is 71.1 cm³/mol. The van der Waals surface area contributed by atoms with Crippen LogP contribution in [-0.2, 0) is 6.54 Å². The van der Waals surface area contributed by atoms with Gasteiger partial charge in [-0.2, -0.15) is 0 Å². The Morgan fingerprint density at radius 3 is 2.22 bits per heavy atom. The molecule has 4 fully saturated rings. The van der Waals surface area contributed by atoms with Crippen molar-refractivity contribution in [3.05, 3.63) is 17.9 Å².